The van der Waals surface area contributed by atoms with E-state index < -0.39 is 37.6 Å². The predicted molar refractivity (Wildman–Crippen MR) is 86.5 cm³/mol. The van der Waals surface area contributed by atoms with Gasteiger partial charge < -0.3 is 29.5 Å². The molecule has 4 rings (SSSR count). The number of nitrogens with two attached hydrogens (primary N) is 1. The molecule has 1 amide bonds. The van der Waals surface area contributed by atoms with Gasteiger partial charge in [0, 0.05) is 0 Å². The zero-order chi connectivity index (χ0) is 17.2. The minimum absolute atomic E-state index is 0.000180. The van der Waals surface area contributed by atoms with Crippen LogP contribution in [0.4, 0.5) is 5.82 Å². The summed E-state index contributed by atoms with van der Waals surface area (Å²) in [6.45, 7) is 0.000180. The van der Waals surface area contributed by atoms with Crippen LogP contribution in [0.5, 0.6) is 0 Å². The fourth-order valence-electron chi connectivity index (χ4n) is 2.72. The number of carbonyl (C=O) groups is 1. The molecule has 0 aromatic carbocycles. The SMILES string of the molecule is NC1=Nc2c(nc(Br)n2C2OC3CO[P](O)(S)OC3C2O)C(=O)[N]1. The van der Waals surface area contributed by atoms with Gasteiger partial charge in [-0.2, -0.15) is 10.3 Å². The first-order chi connectivity index (χ1) is 11.3. The Morgan fingerprint density at radius 3 is 3.00 bits per heavy atom. The van der Waals surface area contributed by atoms with Crippen molar-refractivity contribution in [2.24, 2.45) is 10.7 Å². The number of hydrogen-bond acceptors (Lipinski definition) is 10. The van der Waals surface area contributed by atoms with Gasteiger partial charge in [0.1, 0.15) is 18.3 Å². The number of aliphatic imine (C=N–C) groups is 1. The molecule has 4 heterocycles. The van der Waals surface area contributed by atoms with Crippen molar-refractivity contribution in [3.8, 4) is 0 Å². The number of aliphatic hydroxyl groups excluding tert-OH is 1. The number of nitrogens with zero attached hydrogens (tertiary/aromatic N) is 4. The van der Waals surface area contributed by atoms with Gasteiger partial charge in [-0.1, -0.05) is 12.2 Å². The Morgan fingerprint density at radius 1 is 1.50 bits per heavy atom. The lowest BCUT2D eigenvalue weighted by Gasteiger charge is -2.35. The summed E-state index contributed by atoms with van der Waals surface area (Å²) < 4.78 is 17.7. The molecule has 24 heavy (non-hydrogen) atoms. The van der Waals surface area contributed by atoms with Crippen molar-refractivity contribution in [2.75, 3.05) is 6.61 Å². The van der Waals surface area contributed by atoms with Crippen molar-refractivity contribution >= 4 is 53.0 Å². The van der Waals surface area contributed by atoms with Crippen LogP contribution in [0, 0.1) is 0 Å². The minimum Gasteiger partial charge on any atom is -0.386 e. The lowest BCUT2D eigenvalue weighted by atomic mass is 10.1. The Morgan fingerprint density at radius 2 is 2.25 bits per heavy atom. The number of ether oxygens (including phenoxy) is 1. The number of halogens is 1. The number of aromatic nitrogens is 2. The van der Waals surface area contributed by atoms with Crippen LogP contribution in [-0.2, 0) is 13.8 Å². The Balaban J connectivity index is 1.73. The quantitative estimate of drug-likeness (QED) is 0.340. The van der Waals surface area contributed by atoms with E-state index >= 15 is 0 Å². The van der Waals surface area contributed by atoms with E-state index in [-0.39, 0.29) is 28.8 Å². The van der Waals surface area contributed by atoms with E-state index in [2.05, 4.69) is 43.5 Å². The van der Waals surface area contributed by atoms with Crippen LogP contribution in [0.3, 0.4) is 0 Å². The Labute approximate surface area is 149 Å². The molecule has 14 heteroatoms. The fourth-order valence-corrected chi connectivity index (χ4v) is 4.77. The smallest absolute Gasteiger partial charge is 0.302 e. The van der Waals surface area contributed by atoms with Gasteiger partial charge in [0.15, 0.2) is 22.5 Å². The number of thiol groups is 1. The molecule has 0 aliphatic carbocycles. The molecule has 1 aromatic rings. The van der Waals surface area contributed by atoms with Gasteiger partial charge in [0.25, 0.3) is 7.15 Å². The van der Waals surface area contributed by atoms with Crippen LogP contribution < -0.4 is 11.1 Å². The van der Waals surface area contributed by atoms with E-state index in [9.17, 15) is 14.8 Å². The number of carbonyl (C=O) groups excluding carboxylic acids is 1. The molecule has 4 N–H and O–H groups in total. The molecule has 5 atom stereocenters. The van der Waals surface area contributed by atoms with Gasteiger partial charge in [0.05, 0.1) is 6.61 Å². The molecule has 2 saturated heterocycles. The van der Waals surface area contributed by atoms with Gasteiger partial charge in [-0.3, -0.25) is 9.36 Å². The van der Waals surface area contributed by atoms with E-state index in [1.807, 2.05) is 0 Å². The normalized spacial score (nSPS) is 38.3. The number of guanidine groups is 1. The summed E-state index contributed by atoms with van der Waals surface area (Å²) in [7, 11) is -3.30. The highest BCUT2D eigenvalue weighted by Gasteiger charge is 2.53. The van der Waals surface area contributed by atoms with Crippen molar-refractivity contribution in [2.45, 2.75) is 24.5 Å². The average Bonchev–Trinajstić information content (AvgIpc) is 2.96. The number of fused-ring (bicyclic) bond motifs is 2. The number of amides is 1. The number of rotatable bonds is 1. The minimum atomic E-state index is -3.30. The second-order valence-electron chi connectivity index (χ2n) is 5.22. The third kappa shape index (κ3) is 2.56. The predicted octanol–water partition coefficient (Wildman–Crippen LogP) is -0.377. The van der Waals surface area contributed by atoms with Crippen LogP contribution in [0.25, 0.3) is 0 Å². The van der Waals surface area contributed by atoms with Crippen LogP contribution in [0.1, 0.15) is 16.7 Å². The zero-order valence-corrected chi connectivity index (χ0v) is 15.1. The van der Waals surface area contributed by atoms with Crippen LogP contribution in [0.15, 0.2) is 9.73 Å². The van der Waals surface area contributed by atoms with Gasteiger partial charge in [-0.15, -0.1) is 0 Å². The monoisotopic (exact) mass is 439 g/mol. The first-order valence-corrected chi connectivity index (χ1v) is 10.2. The second kappa shape index (κ2) is 5.61. The van der Waals surface area contributed by atoms with E-state index in [0.717, 1.165) is 0 Å². The lowest BCUT2D eigenvalue weighted by Crippen LogP contribution is -2.39. The van der Waals surface area contributed by atoms with Crippen LogP contribution in [0.2, 0.25) is 0 Å². The van der Waals surface area contributed by atoms with E-state index in [4.69, 9.17) is 19.5 Å². The maximum absolute atomic E-state index is 11.9. The standard InChI is InChI=1S/C10H11BrN5O6PS/c11-9-13-3-6(14-10(12)15-7(3)18)16(9)8-4(17)5-2(21-8)1-20-23(19,24)22-5/h2,4-5,8,17,19,24H,1H2,(H2,12,14). The Kier molecular flexibility index (Phi) is 3.89. The molecular formula is C10H11BrN5O6PS. The summed E-state index contributed by atoms with van der Waals surface area (Å²) in [5, 5.41) is 14.1. The molecule has 0 saturated carbocycles. The third-order valence-corrected chi connectivity index (χ3v) is 5.90. The van der Waals surface area contributed by atoms with Gasteiger partial charge in [0.2, 0.25) is 5.96 Å². The maximum atomic E-state index is 11.9. The van der Waals surface area contributed by atoms with Gasteiger partial charge in [-0.05, 0) is 15.9 Å². The first-order valence-electron chi connectivity index (χ1n) is 6.66. The van der Waals surface area contributed by atoms with Crippen molar-refractivity contribution in [1.82, 2.24) is 14.9 Å². The highest BCUT2D eigenvalue weighted by atomic mass is 79.9. The number of imidazole rings is 1. The van der Waals surface area contributed by atoms with E-state index in [1.165, 1.54) is 4.57 Å². The highest BCUT2D eigenvalue weighted by molar-refractivity contribution is 9.10. The summed E-state index contributed by atoms with van der Waals surface area (Å²) >= 11 is 7.11. The topological polar surface area (TPSA) is 156 Å². The first kappa shape index (κ1) is 16.7. The largest absolute Gasteiger partial charge is 0.386 e. The molecule has 11 nitrogen and oxygen atoms in total. The summed E-state index contributed by atoms with van der Waals surface area (Å²) in [4.78, 5) is 29.7. The number of aliphatic hydroxyl groups is 1. The summed E-state index contributed by atoms with van der Waals surface area (Å²) in [5.41, 5.74) is 5.51. The van der Waals surface area contributed by atoms with Crippen molar-refractivity contribution in [3.05, 3.63) is 10.4 Å². The van der Waals surface area contributed by atoms with Crippen molar-refractivity contribution in [1.29, 1.82) is 0 Å². The maximum Gasteiger partial charge on any atom is 0.302 e. The molecule has 130 valence electrons. The summed E-state index contributed by atoms with van der Waals surface area (Å²) in [6, 6.07) is 0. The molecule has 2 radical (unpaired) electrons. The molecule has 2 fully saturated rings. The third-order valence-electron chi connectivity index (χ3n) is 3.71. The Bertz CT molecular complexity index is 758. The zero-order valence-electron chi connectivity index (χ0n) is 11.7. The van der Waals surface area contributed by atoms with E-state index in [0.29, 0.717) is 0 Å². The van der Waals surface area contributed by atoms with Crippen molar-refractivity contribution < 1.29 is 28.6 Å². The average molecular weight is 440 g/mol. The van der Waals surface area contributed by atoms with Gasteiger partial charge >= 0.3 is 5.91 Å². The van der Waals surface area contributed by atoms with Crippen LogP contribution >= 0.6 is 35.3 Å². The lowest BCUT2D eigenvalue weighted by molar-refractivity contribution is -0.0612. The van der Waals surface area contributed by atoms with Crippen LogP contribution in [-0.4, -0.2) is 56.3 Å². The molecule has 1 aromatic heterocycles. The molecule has 3 aliphatic rings. The van der Waals surface area contributed by atoms with Crippen molar-refractivity contribution in [3.63, 3.8) is 0 Å². The summed E-state index contributed by atoms with van der Waals surface area (Å²) in [5.74, 6) is -0.752. The molecule has 3 aliphatic heterocycles. The molecule has 0 bridgehead atoms. The molecule has 0 spiro atoms. The summed E-state index contributed by atoms with van der Waals surface area (Å²) in [6.07, 6.45) is -3.65. The van der Waals surface area contributed by atoms with E-state index in [1.54, 1.807) is 0 Å². The second-order valence-corrected chi connectivity index (χ2v) is 8.90. The number of hydrogen-bond donors (Lipinski definition) is 4. The van der Waals surface area contributed by atoms with Gasteiger partial charge in [-0.25, -0.2) is 4.98 Å². The molecule has 5 unspecified atom stereocenters. The fraction of sp³-hybridized carbons (Fsp3) is 0.500. The Hall–Kier alpha value is -0.790. The molecular weight excluding hydrogens is 429 g/mol. The highest BCUT2D eigenvalue weighted by Crippen LogP contribution is 2.66.